The molecule has 0 aromatic heterocycles. The summed E-state index contributed by atoms with van der Waals surface area (Å²) in [5, 5.41) is 0. The minimum absolute atomic E-state index is 0.0847. The van der Waals surface area contributed by atoms with E-state index in [1.54, 1.807) is 0 Å². The summed E-state index contributed by atoms with van der Waals surface area (Å²) in [5.74, 6) is 1.70. The highest BCUT2D eigenvalue weighted by molar-refractivity contribution is 5.58. The molecule has 104 valence electrons. The van der Waals surface area contributed by atoms with Gasteiger partial charge in [-0.05, 0) is 38.8 Å². The number of nitrogens with zero attached hydrogens (tertiary/aromatic N) is 1. The number of hydrogen-bond donors (Lipinski definition) is 1. The quantitative estimate of drug-likeness (QED) is 0.842. The van der Waals surface area contributed by atoms with Crippen LogP contribution in [0.15, 0.2) is 18.2 Å². The van der Waals surface area contributed by atoms with E-state index in [-0.39, 0.29) is 5.54 Å². The molecular formula is C15H22N2O2. The standard InChI is InChI=1S/C15H22N2O2/c1-15(2)10-11(16)5-6-17(15)12-3-4-13-14(9-12)19-8-7-18-13/h3-4,9,11H,5-8,10,16H2,1-2H3. The fraction of sp³-hybridized carbons (Fsp3) is 0.600. The molecule has 1 aromatic carbocycles. The van der Waals surface area contributed by atoms with Gasteiger partial charge in [-0.3, -0.25) is 0 Å². The third-order valence-corrected chi connectivity index (χ3v) is 4.05. The Morgan fingerprint density at radius 2 is 1.95 bits per heavy atom. The van der Waals surface area contributed by atoms with Crippen molar-refractivity contribution in [1.82, 2.24) is 0 Å². The number of anilines is 1. The lowest BCUT2D eigenvalue weighted by Crippen LogP contribution is -2.53. The lowest BCUT2D eigenvalue weighted by Gasteiger charge is -2.46. The SMILES string of the molecule is CC1(C)CC(N)CCN1c1ccc2c(c1)OCCO2. The molecule has 1 fully saturated rings. The first-order valence-electron chi connectivity index (χ1n) is 6.99. The second-order valence-electron chi connectivity index (χ2n) is 6.04. The van der Waals surface area contributed by atoms with Gasteiger partial charge in [0.2, 0.25) is 0 Å². The van der Waals surface area contributed by atoms with Gasteiger partial charge in [0.25, 0.3) is 0 Å². The Balaban J connectivity index is 1.89. The summed E-state index contributed by atoms with van der Waals surface area (Å²) in [7, 11) is 0. The summed E-state index contributed by atoms with van der Waals surface area (Å²) in [6.07, 6.45) is 2.05. The average Bonchev–Trinajstić information content (AvgIpc) is 2.37. The smallest absolute Gasteiger partial charge is 0.163 e. The number of nitrogens with two attached hydrogens (primary N) is 1. The van der Waals surface area contributed by atoms with Crippen LogP contribution in [0.2, 0.25) is 0 Å². The molecule has 1 saturated heterocycles. The van der Waals surface area contributed by atoms with E-state index in [2.05, 4.69) is 30.9 Å². The van der Waals surface area contributed by atoms with Gasteiger partial charge in [-0.1, -0.05) is 0 Å². The number of ether oxygens (including phenoxy) is 2. The molecule has 0 radical (unpaired) electrons. The second kappa shape index (κ2) is 4.60. The van der Waals surface area contributed by atoms with Crippen molar-refractivity contribution in [3.63, 3.8) is 0 Å². The third-order valence-electron chi connectivity index (χ3n) is 4.05. The summed E-state index contributed by atoms with van der Waals surface area (Å²) in [5.41, 5.74) is 7.37. The van der Waals surface area contributed by atoms with Crippen LogP contribution < -0.4 is 20.1 Å². The molecule has 4 nitrogen and oxygen atoms in total. The van der Waals surface area contributed by atoms with Crippen LogP contribution in [-0.4, -0.2) is 31.3 Å². The monoisotopic (exact) mass is 262 g/mol. The van der Waals surface area contributed by atoms with Gasteiger partial charge in [0, 0.05) is 29.9 Å². The summed E-state index contributed by atoms with van der Waals surface area (Å²) in [6, 6.07) is 6.52. The van der Waals surface area contributed by atoms with Crippen LogP contribution in [0.4, 0.5) is 5.69 Å². The molecule has 1 atom stereocenters. The molecule has 19 heavy (non-hydrogen) atoms. The summed E-state index contributed by atoms with van der Waals surface area (Å²) in [4.78, 5) is 2.43. The number of piperidine rings is 1. The van der Waals surface area contributed by atoms with Crippen LogP contribution in [0.25, 0.3) is 0 Å². The van der Waals surface area contributed by atoms with E-state index in [4.69, 9.17) is 15.2 Å². The zero-order chi connectivity index (χ0) is 13.5. The molecule has 0 aliphatic carbocycles. The van der Waals surface area contributed by atoms with Gasteiger partial charge in [-0.2, -0.15) is 0 Å². The number of hydrogen-bond acceptors (Lipinski definition) is 4. The van der Waals surface area contributed by atoms with Crippen molar-refractivity contribution in [2.45, 2.75) is 38.3 Å². The zero-order valence-electron chi connectivity index (χ0n) is 11.7. The first-order valence-corrected chi connectivity index (χ1v) is 6.99. The van der Waals surface area contributed by atoms with Crippen molar-refractivity contribution < 1.29 is 9.47 Å². The Morgan fingerprint density at radius 1 is 1.21 bits per heavy atom. The average molecular weight is 262 g/mol. The van der Waals surface area contributed by atoms with E-state index in [1.807, 2.05) is 6.07 Å². The maximum Gasteiger partial charge on any atom is 0.163 e. The van der Waals surface area contributed by atoms with Gasteiger partial charge < -0.3 is 20.1 Å². The maximum absolute atomic E-state index is 6.09. The van der Waals surface area contributed by atoms with E-state index in [0.29, 0.717) is 19.3 Å². The lowest BCUT2D eigenvalue weighted by atomic mass is 9.87. The van der Waals surface area contributed by atoms with Gasteiger partial charge >= 0.3 is 0 Å². The summed E-state index contributed by atoms with van der Waals surface area (Å²) >= 11 is 0. The number of rotatable bonds is 1. The van der Waals surface area contributed by atoms with Gasteiger partial charge in [0.05, 0.1) is 0 Å². The fourth-order valence-corrected chi connectivity index (χ4v) is 3.13. The Morgan fingerprint density at radius 3 is 2.68 bits per heavy atom. The van der Waals surface area contributed by atoms with E-state index >= 15 is 0 Å². The normalized spacial score (nSPS) is 25.2. The van der Waals surface area contributed by atoms with Crippen molar-refractivity contribution in [1.29, 1.82) is 0 Å². The molecule has 4 heteroatoms. The minimum Gasteiger partial charge on any atom is -0.486 e. The van der Waals surface area contributed by atoms with Crippen LogP contribution in [0, 0.1) is 0 Å². The van der Waals surface area contributed by atoms with E-state index in [0.717, 1.165) is 30.9 Å². The first kappa shape index (κ1) is 12.6. The maximum atomic E-state index is 6.09. The van der Waals surface area contributed by atoms with Gasteiger partial charge in [-0.25, -0.2) is 0 Å². The Bertz CT molecular complexity index is 473. The topological polar surface area (TPSA) is 47.7 Å². The Kier molecular flexibility index (Phi) is 3.05. The first-order chi connectivity index (χ1) is 9.06. The van der Waals surface area contributed by atoms with Crippen molar-refractivity contribution in [2.75, 3.05) is 24.7 Å². The van der Waals surface area contributed by atoms with Crippen LogP contribution in [0.3, 0.4) is 0 Å². The van der Waals surface area contributed by atoms with E-state index < -0.39 is 0 Å². The minimum atomic E-state index is 0.0847. The summed E-state index contributed by atoms with van der Waals surface area (Å²) in [6.45, 7) is 6.76. The molecule has 1 unspecified atom stereocenters. The molecule has 1 aromatic rings. The molecule has 2 aliphatic rings. The number of fused-ring (bicyclic) bond motifs is 1. The van der Waals surface area contributed by atoms with E-state index in [9.17, 15) is 0 Å². The predicted molar refractivity (Wildman–Crippen MR) is 76.1 cm³/mol. The highest BCUT2D eigenvalue weighted by Crippen LogP contribution is 2.38. The highest BCUT2D eigenvalue weighted by Gasteiger charge is 2.33. The molecule has 2 N–H and O–H groups in total. The van der Waals surface area contributed by atoms with Gasteiger partial charge in [0.1, 0.15) is 13.2 Å². The van der Waals surface area contributed by atoms with Crippen molar-refractivity contribution >= 4 is 5.69 Å². The molecule has 2 heterocycles. The molecule has 2 aliphatic heterocycles. The van der Waals surface area contributed by atoms with Crippen LogP contribution in [0.1, 0.15) is 26.7 Å². The highest BCUT2D eigenvalue weighted by atomic mass is 16.6. The fourth-order valence-electron chi connectivity index (χ4n) is 3.13. The molecular weight excluding hydrogens is 240 g/mol. The van der Waals surface area contributed by atoms with Gasteiger partial charge in [-0.15, -0.1) is 0 Å². The Labute approximate surface area is 114 Å². The second-order valence-corrected chi connectivity index (χ2v) is 6.04. The van der Waals surface area contributed by atoms with Crippen LogP contribution in [-0.2, 0) is 0 Å². The van der Waals surface area contributed by atoms with E-state index in [1.165, 1.54) is 5.69 Å². The van der Waals surface area contributed by atoms with Gasteiger partial charge in [0.15, 0.2) is 11.5 Å². The molecule has 0 spiro atoms. The lowest BCUT2D eigenvalue weighted by molar-refractivity contribution is 0.171. The van der Waals surface area contributed by atoms with Crippen LogP contribution in [0.5, 0.6) is 11.5 Å². The van der Waals surface area contributed by atoms with Crippen LogP contribution >= 0.6 is 0 Å². The van der Waals surface area contributed by atoms with Crippen molar-refractivity contribution in [3.8, 4) is 11.5 Å². The third kappa shape index (κ3) is 2.37. The predicted octanol–water partition coefficient (Wildman–Crippen LogP) is 2.16. The number of benzene rings is 1. The molecule has 0 bridgehead atoms. The molecule has 3 rings (SSSR count). The van der Waals surface area contributed by atoms with Crippen molar-refractivity contribution in [2.24, 2.45) is 5.73 Å². The van der Waals surface area contributed by atoms with Crippen molar-refractivity contribution in [3.05, 3.63) is 18.2 Å². The largest absolute Gasteiger partial charge is 0.486 e. The zero-order valence-corrected chi connectivity index (χ0v) is 11.7. The molecule has 0 amide bonds. The Hall–Kier alpha value is -1.42. The molecule has 0 saturated carbocycles. The summed E-state index contributed by atoms with van der Waals surface area (Å²) < 4.78 is 11.2.